The van der Waals surface area contributed by atoms with Crippen molar-refractivity contribution in [2.24, 2.45) is 0 Å². The molecule has 1 aromatic rings. The Labute approximate surface area is 72.1 Å². The molecule has 0 fully saturated rings. The molecule has 0 N–H and O–H groups in total. The van der Waals surface area contributed by atoms with Gasteiger partial charge >= 0.3 is 71.8 Å². The molecule has 0 saturated heterocycles. The van der Waals surface area contributed by atoms with E-state index in [4.69, 9.17) is 0 Å². The first-order valence-corrected chi connectivity index (χ1v) is 11.9. The number of rotatable bonds is 2. The first kappa shape index (κ1) is 8.87. The molecular formula is C10H17As. The van der Waals surface area contributed by atoms with E-state index in [1.165, 1.54) is 10.8 Å². The molecule has 1 rings (SSSR count). The van der Waals surface area contributed by atoms with Crippen LogP contribution in [0, 0.1) is 0 Å². The predicted molar refractivity (Wildman–Crippen MR) is 54.9 cm³/mol. The number of hydrogen-bond acceptors (Lipinski definition) is 0. The minimum absolute atomic E-state index is 1.35. The molecule has 0 unspecified atom stereocenters. The van der Waals surface area contributed by atoms with Crippen LogP contribution in [0.25, 0.3) is 0 Å². The van der Waals surface area contributed by atoms with Gasteiger partial charge in [0.05, 0.1) is 0 Å². The Bertz CT molecular complexity index is 208. The zero-order valence-corrected chi connectivity index (χ0v) is 9.69. The summed E-state index contributed by atoms with van der Waals surface area (Å²) in [4.78, 5) is 0. The fourth-order valence-electron chi connectivity index (χ4n) is 1.21. The Kier molecular flexibility index (Phi) is 2.78. The van der Waals surface area contributed by atoms with Crippen molar-refractivity contribution in [2.45, 2.75) is 22.3 Å². The molecule has 1 aromatic carbocycles. The Hall–Kier alpha value is -0.222. The summed E-state index contributed by atoms with van der Waals surface area (Å²) in [6, 6.07) is 10.8. The van der Waals surface area contributed by atoms with Crippen molar-refractivity contribution in [1.29, 1.82) is 0 Å². The van der Waals surface area contributed by atoms with Crippen LogP contribution in [0.4, 0.5) is 0 Å². The van der Waals surface area contributed by atoms with Gasteiger partial charge in [-0.25, -0.2) is 0 Å². The molecule has 0 aliphatic heterocycles. The molecule has 1 heteroatoms. The zero-order chi connectivity index (χ0) is 8.32. The molecule has 0 aliphatic carbocycles. The third kappa shape index (κ3) is 3.62. The average molecular weight is 212 g/mol. The average Bonchev–Trinajstić information content (AvgIpc) is 1.85. The van der Waals surface area contributed by atoms with Gasteiger partial charge in [0.15, 0.2) is 0 Å². The van der Waals surface area contributed by atoms with Gasteiger partial charge in [-0.15, -0.1) is 0 Å². The Morgan fingerprint density at radius 1 is 1.00 bits per heavy atom. The van der Waals surface area contributed by atoms with Gasteiger partial charge in [0.25, 0.3) is 0 Å². The second-order valence-corrected chi connectivity index (χ2v) is 15.7. The van der Waals surface area contributed by atoms with Crippen LogP contribution in [0.15, 0.2) is 30.3 Å². The van der Waals surface area contributed by atoms with Gasteiger partial charge < -0.3 is 0 Å². The molecule has 0 radical (unpaired) electrons. The standard InChI is InChI=1S/C10H17As/c1-11(2,3)9-10-7-5-4-6-8-10/h4-8,11H,9H2,1-3H3. The summed E-state index contributed by atoms with van der Waals surface area (Å²) < 4.78 is 0. The van der Waals surface area contributed by atoms with Gasteiger partial charge in [-0.3, -0.25) is 0 Å². The summed E-state index contributed by atoms with van der Waals surface area (Å²) in [5.74, 6) is 0. The van der Waals surface area contributed by atoms with Gasteiger partial charge in [0.1, 0.15) is 0 Å². The third-order valence-corrected chi connectivity index (χ3v) is 4.66. The van der Waals surface area contributed by atoms with E-state index in [1.807, 2.05) is 0 Å². The maximum absolute atomic E-state index is 2.45. The molecule has 62 valence electrons. The van der Waals surface area contributed by atoms with Gasteiger partial charge in [-0.1, -0.05) is 0 Å². The van der Waals surface area contributed by atoms with Gasteiger partial charge in [-0.05, 0) is 0 Å². The summed E-state index contributed by atoms with van der Waals surface area (Å²) >= 11 is -1.35. The minimum atomic E-state index is -1.35. The Balaban J connectivity index is 2.66. The van der Waals surface area contributed by atoms with E-state index in [1.54, 1.807) is 0 Å². The molecule has 0 amide bonds. The van der Waals surface area contributed by atoms with E-state index in [0.29, 0.717) is 0 Å². The van der Waals surface area contributed by atoms with Crippen LogP contribution in [0.3, 0.4) is 0 Å². The fraction of sp³-hybridized carbons (Fsp3) is 0.400. The van der Waals surface area contributed by atoms with Crippen LogP contribution >= 0.6 is 0 Å². The van der Waals surface area contributed by atoms with Crippen LogP contribution in [0.1, 0.15) is 5.56 Å². The van der Waals surface area contributed by atoms with E-state index in [-0.39, 0.29) is 0 Å². The van der Waals surface area contributed by atoms with Crippen LogP contribution in [-0.4, -0.2) is 13.6 Å². The van der Waals surface area contributed by atoms with E-state index in [9.17, 15) is 0 Å². The maximum atomic E-state index is 2.45. The van der Waals surface area contributed by atoms with E-state index < -0.39 is 13.6 Å². The van der Waals surface area contributed by atoms with E-state index in [2.05, 4.69) is 47.5 Å². The summed E-state index contributed by atoms with van der Waals surface area (Å²) in [6.07, 6.45) is 0. The molecule has 0 spiro atoms. The summed E-state index contributed by atoms with van der Waals surface area (Å²) in [5, 5.41) is 1.35. The normalized spacial score (nSPS) is 13.0. The Morgan fingerprint density at radius 3 is 2.00 bits per heavy atom. The van der Waals surface area contributed by atoms with Crippen molar-refractivity contribution in [1.82, 2.24) is 0 Å². The van der Waals surface area contributed by atoms with Crippen LogP contribution in [-0.2, 0) is 5.21 Å². The van der Waals surface area contributed by atoms with Gasteiger partial charge in [0.2, 0.25) is 0 Å². The molecule has 0 atom stereocenters. The molecule has 0 bridgehead atoms. The number of benzene rings is 1. The van der Waals surface area contributed by atoms with Gasteiger partial charge in [0, 0.05) is 0 Å². The van der Waals surface area contributed by atoms with Crippen molar-refractivity contribution in [2.75, 3.05) is 0 Å². The van der Waals surface area contributed by atoms with Crippen LogP contribution < -0.4 is 0 Å². The van der Waals surface area contributed by atoms with Crippen molar-refractivity contribution in [3.63, 3.8) is 0 Å². The molecule has 0 aliphatic rings. The van der Waals surface area contributed by atoms with Crippen molar-refractivity contribution in [3.05, 3.63) is 35.9 Å². The molecule has 0 nitrogen and oxygen atoms in total. The second kappa shape index (κ2) is 3.45. The van der Waals surface area contributed by atoms with E-state index >= 15 is 0 Å². The topological polar surface area (TPSA) is 0 Å². The predicted octanol–water partition coefficient (Wildman–Crippen LogP) is 2.84. The summed E-state index contributed by atoms with van der Waals surface area (Å²) in [6.45, 7) is 0. The SMILES string of the molecule is C[AsH](C)(C)Cc1ccccc1. The van der Waals surface area contributed by atoms with Crippen molar-refractivity contribution in [3.8, 4) is 0 Å². The summed E-state index contributed by atoms with van der Waals surface area (Å²) in [7, 11) is 0. The quantitative estimate of drug-likeness (QED) is 0.661. The number of hydrogen-bond donors (Lipinski definition) is 0. The van der Waals surface area contributed by atoms with E-state index in [0.717, 1.165) is 0 Å². The molecule has 0 aromatic heterocycles. The molecule has 0 saturated carbocycles. The van der Waals surface area contributed by atoms with Gasteiger partial charge in [-0.2, -0.15) is 0 Å². The van der Waals surface area contributed by atoms with Crippen LogP contribution in [0.2, 0.25) is 17.1 Å². The first-order chi connectivity index (χ1) is 5.08. The van der Waals surface area contributed by atoms with Crippen molar-refractivity contribution >= 4 is 13.6 Å². The molecule has 0 heterocycles. The van der Waals surface area contributed by atoms with Crippen LogP contribution in [0.5, 0.6) is 0 Å². The second-order valence-electron chi connectivity index (χ2n) is 4.22. The zero-order valence-electron chi connectivity index (χ0n) is 7.59. The van der Waals surface area contributed by atoms with Crippen molar-refractivity contribution < 1.29 is 0 Å². The third-order valence-electron chi connectivity index (χ3n) is 1.58. The molecular weight excluding hydrogens is 195 g/mol. The fourth-order valence-corrected chi connectivity index (χ4v) is 4.27. The summed E-state index contributed by atoms with van der Waals surface area (Å²) in [5.41, 5.74) is 8.87. The first-order valence-electron chi connectivity index (χ1n) is 4.12. The monoisotopic (exact) mass is 212 g/mol. The Morgan fingerprint density at radius 2 is 1.55 bits per heavy atom. The molecule has 11 heavy (non-hydrogen) atoms.